The predicted molar refractivity (Wildman–Crippen MR) is 145 cm³/mol. The molecule has 3 aromatic rings. The Hall–Kier alpha value is -4.15. The average molecular weight is 531 g/mol. The summed E-state index contributed by atoms with van der Waals surface area (Å²) in [5.74, 6) is -0.102. The molecule has 194 valence electrons. The zero-order valence-electron chi connectivity index (χ0n) is 21.4. The number of hydrogen-bond acceptors (Lipinski definition) is 6. The number of esters is 1. The third-order valence-electron chi connectivity index (χ3n) is 6.58. The monoisotopic (exact) mass is 530 g/mol. The molecular formula is C30H27ClN2O5. The molecule has 1 heterocycles. The Morgan fingerprint density at radius 2 is 1.92 bits per heavy atom. The number of halogens is 1. The lowest BCUT2D eigenvalue weighted by Gasteiger charge is -2.20. The fraction of sp³-hybridized carbons (Fsp3) is 0.267. The van der Waals surface area contributed by atoms with Crippen molar-refractivity contribution in [1.29, 1.82) is 5.26 Å². The molecule has 0 amide bonds. The number of aromatic nitrogens is 1. The van der Waals surface area contributed by atoms with Gasteiger partial charge in [-0.2, -0.15) is 5.26 Å². The van der Waals surface area contributed by atoms with Gasteiger partial charge in [0.2, 0.25) is 0 Å². The van der Waals surface area contributed by atoms with E-state index < -0.39 is 6.04 Å². The minimum Gasteiger partial charge on any atom is -0.495 e. The second kappa shape index (κ2) is 11.5. The van der Waals surface area contributed by atoms with Crippen molar-refractivity contribution in [3.05, 3.63) is 91.9 Å². The van der Waals surface area contributed by atoms with Gasteiger partial charge in [-0.05, 0) is 54.3 Å². The van der Waals surface area contributed by atoms with Crippen molar-refractivity contribution in [3.63, 3.8) is 0 Å². The van der Waals surface area contributed by atoms with Crippen LogP contribution in [-0.4, -0.2) is 30.0 Å². The SMILES string of the molecule is CCOC(=O)C1=Cc2ccc(CC(=O)C(CC)n3cc(OC)c(-c4cc(Cl)ccc4C#N)cc3=O)cc2C1. The van der Waals surface area contributed by atoms with Gasteiger partial charge in [0.05, 0.1) is 37.6 Å². The van der Waals surface area contributed by atoms with Crippen molar-refractivity contribution >= 4 is 29.4 Å². The molecule has 38 heavy (non-hydrogen) atoms. The van der Waals surface area contributed by atoms with Gasteiger partial charge in [0.25, 0.3) is 5.56 Å². The molecule has 0 bridgehead atoms. The first kappa shape index (κ1) is 26.9. The maximum Gasteiger partial charge on any atom is 0.334 e. The summed E-state index contributed by atoms with van der Waals surface area (Å²) < 4.78 is 12.0. The first-order valence-corrected chi connectivity index (χ1v) is 12.7. The summed E-state index contributed by atoms with van der Waals surface area (Å²) in [6, 6.07) is 13.3. The number of carbonyl (C=O) groups excluding carboxylic acids is 2. The Balaban J connectivity index is 1.60. The average Bonchev–Trinajstić information content (AvgIpc) is 3.33. The summed E-state index contributed by atoms with van der Waals surface area (Å²) in [4.78, 5) is 38.7. The standard InChI is InChI=1S/C30H27ClN2O5/c1-4-26(27(34)11-18-6-7-19-12-22(13-21(19)10-18)30(36)38-5-2)33-17-28(37-3)25(15-29(33)35)24-14-23(31)9-8-20(24)16-32/h6-10,12,14-15,17,26H,4-5,11,13H2,1-3H3. The lowest BCUT2D eigenvalue weighted by molar-refractivity contribution is -0.138. The van der Waals surface area contributed by atoms with Crippen LogP contribution in [0.4, 0.5) is 0 Å². The fourth-order valence-corrected chi connectivity index (χ4v) is 4.91. The lowest BCUT2D eigenvalue weighted by Crippen LogP contribution is -2.30. The third-order valence-corrected chi connectivity index (χ3v) is 6.82. The molecule has 0 fully saturated rings. The Morgan fingerprint density at radius 3 is 2.61 bits per heavy atom. The van der Waals surface area contributed by atoms with Crippen LogP contribution in [0, 0.1) is 11.3 Å². The van der Waals surface area contributed by atoms with E-state index in [4.69, 9.17) is 21.1 Å². The third kappa shape index (κ3) is 5.41. The molecule has 1 aliphatic carbocycles. The van der Waals surface area contributed by atoms with E-state index in [1.54, 1.807) is 25.1 Å². The molecule has 2 aromatic carbocycles. The van der Waals surface area contributed by atoms with Gasteiger partial charge in [-0.15, -0.1) is 0 Å². The van der Waals surface area contributed by atoms with Crippen LogP contribution in [0.2, 0.25) is 5.02 Å². The highest BCUT2D eigenvalue weighted by molar-refractivity contribution is 6.31. The highest BCUT2D eigenvalue weighted by Gasteiger charge is 2.24. The molecule has 1 atom stereocenters. The summed E-state index contributed by atoms with van der Waals surface area (Å²) in [5, 5.41) is 9.96. The minimum atomic E-state index is -0.707. The van der Waals surface area contributed by atoms with E-state index >= 15 is 0 Å². The van der Waals surface area contributed by atoms with Crippen LogP contribution >= 0.6 is 11.6 Å². The quantitative estimate of drug-likeness (QED) is 0.347. The lowest BCUT2D eigenvalue weighted by atomic mass is 9.97. The molecule has 1 unspecified atom stereocenters. The van der Waals surface area contributed by atoms with Crippen molar-refractivity contribution in [1.82, 2.24) is 4.57 Å². The van der Waals surface area contributed by atoms with E-state index in [0.717, 1.165) is 16.7 Å². The predicted octanol–water partition coefficient (Wildman–Crippen LogP) is 5.31. The molecule has 8 heteroatoms. The maximum atomic E-state index is 13.4. The first-order chi connectivity index (χ1) is 18.3. The molecule has 0 radical (unpaired) electrons. The molecule has 1 aliphatic rings. The smallest absolute Gasteiger partial charge is 0.334 e. The Labute approximate surface area is 225 Å². The zero-order valence-corrected chi connectivity index (χ0v) is 22.2. The number of hydrogen-bond donors (Lipinski definition) is 0. The normalized spacial score (nSPS) is 12.8. The molecule has 4 rings (SSSR count). The van der Waals surface area contributed by atoms with Crippen LogP contribution in [0.5, 0.6) is 5.75 Å². The number of nitriles is 1. The largest absolute Gasteiger partial charge is 0.495 e. The number of fused-ring (bicyclic) bond motifs is 1. The number of ketones is 1. The summed E-state index contributed by atoms with van der Waals surface area (Å²) in [6.45, 7) is 3.93. The van der Waals surface area contributed by atoms with Gasteiger partial charge in [0.15, 0.2) is 5.78 Å². The van der Waals surface area contributed by atoms with Gasteiger partial charge in [0.1, 0.15) is 5.75 Å². The van der Waals surface area contributed by atoms with Gasteiger partial charge in [0, 0.05) is 40.6 Å². The van der Waals surface area contributed by atoms with Crippen molar-refractivity contribution in [3.8, 4) is 22.9 Å². The van der Waals surface area contributed by atoms with E-state index in [2.05, 4.69) is 6.07 Å². The highest BCUT2D eigenvalue weighted by atomic mass is 35.5. The Bertz CT molecular complexity index is 1550. The van der Waals surface area contributed by atoms with E-state index in [-0.39, 0.29) is 23.7 Å². The molecule has 7 nitrogen and oxygen atoms in total. The summed E-state index contributed by atoms with van der Waals surface area (Å²) >= 11 is 6.15. The molecule has 0 aliphatic heterocycles. The maximum absolute atomic E-state index is 13.4. The topological polar surface area (TPSA) is 98.4 Å². The number of methoxy groups -OCH3 is 1. The van der Waals surface area contributed by atoms with Crippen LogP contribution in [0.15, 0.2) is 59.0 Å². The van der Waals surface area contributed by atoms with Gasteiger partial charge in [-0.3, -0.25) is 9.59 Å². The molecule has 1 aromatic heterocycles. The molecule has 0 N–H and O–H groups in total. The van der Waals surface area contributed by atoms with Crippen LogP contribution in [-0.2, 0) is 27.2 Å². The van der Waals surface area contributed by atoms with E-state index in [0.29, 0.717) is 52.5 Å². The van der Waals surface area contributed by atoms with Crippen molar-refractivity contribution in [2.45, 2.75) is 39.2 Å². The zero-order chi connectivity index (χ0) is 27.4. The molecule has 0 saturated heterocycles. The van der Waals surface area contributed by atoms with Gasteiger partial charge >= 0.3 is 5.97 Å². The van der Waals surface area contributed by atoms with Crippen LogP contribution < -0.4 is 10.3 Å². The summed E-state index contributed by atoms with van der Waals surface area (Å²) in [6.07, 6.45) is 4.33. The van der Waals surface area contributed by atoms with Crippen molar-refractivity contribution in [2.24, 2.45) is 0 Å². The van der Waals surface area contributed by atoms with Gasteiger partial charge < -0.3 is 14.0 Å². The van der Waals surface area contributed by atoms with E-state index in [9.17, 15) is 19.6 Å². The number of nitrogens with zero attached hydrogens (tertiary/aromatic N) is 2. The van der Waals surface area contributed by atoms with Crippen LogP contribution in [0.1, 0.15) is 48.6 Å². The second-order valence-electron chi connectivity index (χ2n) is 8.97. The van der Waals surface area contributed by atoms with Gasteiger partial charge in [-0.1, -0.05) is 36.7 Å². The summed E-state index contributed by atoms with van der Waals surface area (Å²) in [7, 11) is 1.47. The number of ether oxygens (including phenoxy) is 2. The molecule has 0 spiro atoms. The van der Waals surface area contributed by atoms with E-state index in [1.807, 2.05) is 31.2 Å². The van der Waals surface area contributed by atoms with Crippen LogP contribution in [0.3, 0.4) is 0 Å². The molecule has 0 saturated carbocycles. The summed E-state index contributed by atoms with van der Waals surface area (Å²) in [5.41, 5.74) is 4.17. The molecular weight excluding hydrogens is 504 g/mol. The number of pyridine rings is 1. The minimum absolute atomic E-state index is 0.124. The van der Waals surface area contributed by atoms with Gasteiger partial charge in [-0.25, -0.2) is 4.79 Å². The van der Waals surface area contributed by atoms with Crippen LogP contribution in [0.25, 0.3) is 17.2 Å². The van der Waals surface area contributed by atoms with Crippen molar-refractivity contribution in [2.75, 3.05) is 13.7 Å². The number of carbonyl (C=O) groups is 2. The first-order valence-electron chi connectivity index (χ1n) is 12.3. The number of rotatable bonds is 9. The Morgan fingerprint density at radius 1 is 1.13 bits per heavy atom. The number of benzene rings is 2. The number of Topliss-reactive ketones (excluding diaryl/α,β-unsaturated/α-hetero) is 1. The fourth-order valence-electron chi connectivity index (χ4n) is 4.74. The van der Waals surface area contributed by atoms with Crippen molar-refractivity contribution < 1.29 is 19.1 Å². The Kier molecular flexibility index (Phi) is 8.13. The highest BCUT2D eigenvalue weighted by Crippen LogP contribution is 2.34. The second-order valence-corrected chi connectivity index (χ2v) is 9.41. The van der Waals surface area contributed by atoms with E-state index in [1.165, 1.54) is 23.9 Å².